The highest BCUT2D eigenvalue weighted by Gasteiger charge is 2.21. The number of nitrogens with one attached hydrogen (secondary N) is 3. The van der Waals surface area contributed by atoms with E-state index >= 15 is 0 Å². The van der Waals surface area contributed by atoms with Gasteiger partial charge in [0.25, 0.3) is 0 Å². The van der Waals surface area contributed by atoms with Gasteiger partial charge in [0.2, 0.25) is 11.8 Å². The molecule has 1 aliphatic heterocycles. The molecule has 1 aromatic carbocycles. The third-order valence-corrected chi connectivity index (χ3v) is 5.34. The minimum absolute atomic E-state index is 0.0696. The molecule has 1 aliphatic rings. The van der Waals surface area contributed by atoms with Crippen molar-refractivity contribution in [2.24, 2.45) is 5.92 Å². The Labute approximate surface area is 157 Å². The van der Waals surface area contributed by atoms with Crippen LogP contribution >= 0.6 is 11.3 Å². The second kappa shape index (κ2) is 8.42. The van der Waals surface area contributed by atoms with Crippen molar-refractivity contribution < 1.29 is 9.59 Å². The molecule has 3 N–H and O–H groups in total. The van der Waals surface area contributed by atoms with Gasteiger partial charge in [-0.2, -0.15) is 0 Å². The Kier molecular flexibility index (Phi) is 6.00. The van der Waals surface area contributed by atoms with Crippen LogP contribution in [0.2, 0.25) is 0 Å². The first-order valence-corrected chi connectivity index (χ1v) is 9.66. The molecule has 0 bridgehead atoms. The smallest absolute Gasteiger partial charge is 0.227 e. The number of aromatic nitrogens is 1. The molecule has 0 saturated carbocycles. The molecule has 0 aliphatic carbocycles. The fourth-order valence-corrected chi connectivity index (χ4v) is 3.98. The lowest BCUT2D eigenvalue weighted by atomic mass is 9.96. The molecular formula is C19H24N4O2S. The van der Waals surface area contributed by atoms with Crippen molar-refractivity contribution in [3.63, 3.8) is 0 Å². The van der Waals surface area contributed by atoms with Crippen molar-refractivity contribution in [1.82, 2.24) is 10.3 Å². The van der Waals surface area contributed by atoms with Gasteiger partial charge in [0.1, 0.15) is 0 Å². The molecule has 2 amide bonds. The lowest BCUT2D eigenvalue weighted by molar-refractivity contribution is -0.120. The van der Waals surface area contributed by atoms with Gasteiger partial charge in [0, 0.05) is 36.0 Å². The SMILES string of the molecule is CC(=O)Nc1ncc(Cc2cc(C)ccc2NC(=O)C2CCNCC2)s1. The molecule has 26 heavy (non-hydrogen) atoms. The number of anilines is 2. The Bertz CT molecular complexity index is 797. The van der Waals surface area contributed by atoms with Gasteiger partial charge in [-0.25, -0.2) is 4.98 Å². The van der Waals surface area contributed by atoms with Crippen LogP contribution in [0.5, 0.6) is 0 Å². The van der Waals surface area contributed by atoms with E-state index in [1.54, 1.807) is 6.20 Å². The number of piperidine rings is 1. The summed E-state index contributed by atoms with van der Waals surface area (Å²) in [5.41, 5.74) is 3.06. The topological polar surface area (TPSA) is 83.1 Å². The van der Waals surface area contributed by atoms with Crippen LogP contribution in [0.3, 0.4) is 0 Å². The van der Waals surface area contributed by atoms with Crippen molar-refractivity contribution >= 4 is 34.0 Å². The van der Waals surface area contributed by atoms with E-state index in [4.69, 9.17) is 0 Å². The molecule has 0 atom stereocenters. The highest BCUT2D eigenvalue weighted by atomic mass is 32.1. The standard InChI is InChI=1S/C19H24N4O2S/c1-12-3-4-17(23-18(25)14-5-7-20-8-6-14)15(9-12)10-16-11-21-19(26-16)22-13(2)24/h3-4,9,11,14,20H,5-8,10H2,1-2H3,(H,23,25)(H,21,22,24). The first-order chi connectivity index (χ1) is 12.5. The monoisotopic (exact) mass is 372 g/mol. The summed E-state index contributed by atoms with van der Waals surface area (Å²) >= 11 is 1.45. The number of amides is 2. The number of carbonyl (C=O) groups is 2. The van der Waals surface area contributed by atoms with E-state index < -0.39 is 0 Å². The molecule has 0 spiro atoms. The molecule has 1 saturated heterocycles. The van der Waals surface area contributed by atoms with Crippen LogP contribution in [0, 0.1) is 12.8 Å². The quantitative estimate of drug-likeness (QED) is 0.754. The third kappa shape index (κ3) is 4.89. The van der Waals surface area contributed by atoms with Gasteiger partial charge in [-0.3, -0.25) is 9.59 Å². The van der Waals surface area contributed by atoms with Gasteiger partial charge >= 0.3 is 0 Å². The molecule has 138 valence electrons. The predicted molar refractivity (Wildman–Crippen MR) is 105 cm³/mol. The van der Waals surface area contributed by atoms with Gasteiger partial charge in [-0.05, 0) is 44.5 Å². The van der Waals surface area contributed by atoms with Crippen LogP contribution < -0.4 is 16.0 Å². The number of nitrogens with zero attached hydrogens (tertiary/aromatic N) is 1. The Morgan fingerprint density at radius 2 is 2.04 bits per heavy atom. The number of rotatable bonds is 5. The predicted octanol–water partition coefficient (Wildman–Crippen LogP) is 2.94. The molecule has 1 aromatic heterocycles. The number of hydrogen-bond acceptors (Lipinski definition) is 5. The maximum atomic E-state index is 12.6. The molecule has 0 unspecified atom stereocenters. The zero-order valence-electron chi connectivity index (χ0n) is 15.1. The van der Waals surface area contributed by atoms with Crippen molar-refractivity contribution in [2.45, 2.75) is 33.1 Å². The van der Waals surface area contributed by atoms with Crippen molar-refractivity contribution in [3.8, 4) is 0 Å². The fraction of sp³-hybridized carbons (Fsp3) is 0.421. The third-order valence-electron chi connectivity index (χ3n) is 4.43. The Balaban J connectivity index is 1.74. The molecule has 7 heteroatoms. The second-order valence-corrected chi connectivity index (χ2v) is 7.78. The second-order valence-electron chi connectivity index (χ2n) is 6.66. The largest absolute Gasteiger partial charge is 0.326 e. The highest BCUT2D eigenvalue weighted by Crippen LogP contribution is 2.26. The van der Waals surface area contributed by atoms with Crippen LogP contribution in [-0.4, -0.2) is 29.9 Å². The first-order valence-electron chi connectivity index (χ1n) is 8.84. The summed E-state index contributed by atoms with van der Waals surface area (Å²) in [6.45, 7) is 5.30. The van der Waals surface area contributed by atoms with E-state index in [2.05, 4.69) is 27.0 Å². The average Bonchev–Trinajstić information content (AvgIpc) is 3.04. The maximum Gasteiger partial charge on any atom is 0.227 e. The van der Waals surface area contributed by atoms with Crippen molar-refractivity contribution in [2.75, 3.05) is 23.7 Å². The number of thiazole rings is 1. The van der Waals surface area contributed by atoms with Crippen molar-refractivity contribution in [3.05, 3.63) is 40.4 Å². The van der Waals surface area contributed by atoms with Crippen LogP contribution in [0.15, 0.2) is 24.4 Å². The minimum Gasteiger partial charge on any atom is -0.326 e. The van der Waals surface area contributed by atoms with E-state index in [1.807, 2.05) is 19.1 Å². The highest BCUT2D eigenvalue weighted by molar-refractivity contribution is 7.15. The maximum absolute atomic E-state index is 12.6. The van der Waals surface area contributed by atoms with E-state index in [-0.39, 0.29) is 17.7 Å². The average molecular weight is 372 g/mol. The number of hydrogen-bond donors (Lipinski definition) is 3. The molecule has 3 rings (SSSR count). The Morgan fingerprint density at radius 1 is 1.27 bits per heavy atom. The molecule has 2 aromatic rings. The molecular weight excluding hydrogens is 348 g/mol. The summed E-state index contributed by atoms with van der Waals surface area (Å²) in [7, 11) is 0. The summed E-state index contributed by atoms with van der Waals surface area (Å²) in [6.07, 6.45) is 4.20. The molecule has 6 nitrogen and oxygen atoms in total. The van der Waals surface area contributed by atoms with Crippen molar-refractivity contribution in [1.29, 1.82) is 0 Å². The first kappa shape index (κ1) is 18.5. The summed E-state index contributed by atoms with van der Waals surface area (Å²) < 4.78 is 0. The van der Waals surface area contributed by atoms with Gasteiger partial charge in [0.15, 0.2) is 5.13 Å². The summed E-state index contributed by atoms with van der Waals surface area (Å²) in [5, 5.41) is 9.70. The van der Waals surface area contributed by atoms with Crippen LogP contribution in [0.4, 0.5) is 10.8 Å². The van der Waals surface area contributed by atoms with Crippen LogP contribution in [0.1, 0.15) is 35.8 Å². The Hall–Kier alpha value is -2.25. The Morgan fingerprint density at radius 3 is 2.77 bits per heavy atom. The lowest BCUT2D eigenvalue weighted by Gasteiger charge is -2.22. The van der Waals surface area contributed by atoms with Crippen LogP contribution in [-0.2, 0) is 16.0 Å². The number of carbonyl (C=O) groups excluding carboxylic acids is 2. The van der Waals surface area contributed by atoms with E-state index in [9.17, 15) is 9.59 Å². The minimum atomic E-state index is -0.128. The van der Waals surface area contributed by atoms with Gasteiger partial charge in [-0.15, -0.1) is 11.3 Å². The summed E-state index contributed by atoms with van der Waals surface area (Å²) in [4.78, 5) is 29.0. The van der Waals surface area contributed by atoms with Gasteiger partial charge in [0.05, 0.1) is 0 Å². The normalized spacial score (nSPS) is 14.8. The van der Waals surface area contributed by atoms with E-state index in [0.29, 0.717) is 11.6 Å². The molecule has 1 fully saturated rings. The molecule has 2 heterocycles. The lowest BCUT2D eigenvalue weighted by Crippen LogP contribution is -2.34. The summed E-state index contributed by atoms with van der Waals surface area (Å²) in [6, 6.07) is 6.08. The van der Waals surface area contributed by atoms with Gasteiger partial charge in [-0.1, -0.05) is 17.7 Å². The van der Waals surface area contributed by atoms with E-state index in [0.717, 1.165) is 47.6 Å². The van der Waals surface area contributed by atoms with Gasteiger partial charge < -0.3 is 16.0 Å². The molecule has 0 radical (unpaired) electrons. The zero-order valence-corrected chi connectivity index (χ0v) is 15.9. The fourth-order valence-electron chi connectivity index (χ4n) is 3.09. The summed E-state index contributed by atoms with van der Waals surface area (Å²) in [5.74, 6) is 0.0383. The van der Waals surface area contributed by atoms with E-state index in [1.165, 1.54) is 18.3 Å². The number of benzene rings is 1. The number of aryl methyl sites for hydroxylation is 1. The zero-order chi connectivity index (χ0) is 18.5. The van der Waals surface area contributed by atoms with Crippen LogP contribution in [0.25, 0.3) is 0 Å².